The highest BCUT2D eigenvalue weighted by Gasteiger charge is 2.51. The molecular formula is C23H13Cl2F6O3P. The van der Waals surface area contributed by atoms with E-state index in [-0.39, 0.29) is 27.7 Å². The molecule has 3 aromatic rings. The molecule has 12 heteroatoms. The zero-order valence-corrected chi connectivity index (χ0v) is 19.9. The molecule has 0 aliphatic carbocycles. The second kappa shape index (κ2) is 9.45. The normalized spacial score (nSPS) is 13.9. The SMILES string of the molecule is Cc1ccc(Cl)c(C(=O)P(=O)(C(=O)c2c(C(F)(F)F)cccc2C(F)(F)F)c2ccccc2)c1Cl. The molecule has 184 valence electrons. The number of rotatable bonds is 5. The minimum Gasteiger partial charge on any atom is -0.302 e. The van der Waals surface area contributed by atoms with Crippen molar-refractivity contribution in [3.05, 3.63) is 98.5 Å². The first-order valence-corrected chi connectivity index (χ1v) is 12.1. The number of hydrogen-bond acceptors (Lipinski definition) is 3. The van der Waals surface area contributed by atoms with E-state index < -0.39 is 58.1 Å². The number of carbonyl (C=O) groups is 2. The molecule has 0 aliphatic heterocycles. The summed E-state index contributed by atoms with van der Waals surface area (Å²) in [4.78, 5) is 27.1. The highest BCUT2D eigenvalue weighted by atomic mass is 35.5. The van der Waals surface area contributed by atoms with E-state index in [0.29, 0.717) is 6.07 Å². The van der Waals surface area contributed by atoms with E-state index >= 15 is 0 Å². The molecule has 0 aromatic heterocycles. The molecule has 0 aliphatic rings. The van der Waals surface area contributed by atoms with Crippen LogP contribution in [0.3, 0.4) is 0 Å². The second-order valence-corrected chi connectivity index (χ2v) is 10.7. The van der Waals surface area contributed by atoms with Gasteiger partial charge in [0, 0.05) is 5.30 Å². The largest absolute Gasteiger partial charge is 0.417 e. The third-order valence-corrected chi connectivity index (χ3v) is 8.50. The number of carbonyl (C=O) groups excluding carboxylic acids is 2. The van der Waals surface area contributed by atoms with Crippen LogP contribution in [0.4, 0.5) is 26.3 Å². The van der Waals surface area contributed by atoms with Crippen molar-refractivity contribution >= 4 is 46.7 Å². The smallest absolute Gasteiger partial charge is 0.302 e. The molecule has 1 atom stereocenters. The Labute approximate surface area is 205 Å². The van der Waals surface area contributed by atoms with Crippen LogP contribution in [0.25, 0.3) is 0 Å². The van der Waals surface area contributed by atoms with Gasteiger partial charge in [0.05, 0.1) is 32.3 Å². The molecule has 0 spiro atoms. The number of halogens is 8. The van der Waals surface area contributed by atoms with Crippen molar-refractivity contribution in [3.8, 4) is 0 Å². The average molecular weight is 553 g/mol. The lowest BCUT2D eigenvalue weighted by atomic mass is 10.0. The van der Waals surface area contributed by atoms with Crippen molar-refractivity contribution in [2.75, 3.05) is 0 Å². The molecule has 0 N–H and O–H groups in total. The Morgan fingerprint density at radius 2 is 1.20 bits per heavy atom. The molecule has 35 heavy (non-hydrogen) atoms. The van der Waals surface area contributed by atoms with E-state index in [4.69, 9.17) is 23.2 Å². The van der Waals surface area contributed by atoms with Crippen molar-refractivity contribution < 1.29 is 40.5 Å². The molecule has 1 unspecified atom stereocenters. The third-order valence-electron chi connectivity index (χ3n) is 5.08. The van der Waals surface area contributed by atoms with Gasteiger partial charge in [-0.3, -0.25) is 9.59 Å². The molecule has 0 bridgehead atoms. The molecule has 0 heterocycles. The summed E-state index contributed by atoms with van der Waals surface area (Å²) in [5.41, 5.74) is -10.0. The molecule has 0 amide bonds. The van der Waals surface area contributed by atoms with E-state index in [1.165, 1.54) is 37.3 Å². The van der Waals surface area contributed by atoms with Gasteiger partial charge in [0.2, 0.25) is 18.2 Å². The standard InChI is InChI=1S/C23H13Cl2F6O3P/c1-12-10-11-16(24)18(19(12)25)21(33)35(34,13-6-3-2-4-7-13)20(32)17-14(22(26,27)28)8-5-9-15(17)23(29,30)31/h2-11H,1H3. The van der Waals surface area contributed by atoms with Crippen molar-refractivity contribution in [2.24, 2.45) is 0 Å². The second-order valence-electron chi connectivity index (χ2n) is 7.33. The van der Waals surface area contributed by atoms with Crippen LogP contribution >= 0.6 is 30.3 Å². The fourth-order valence-electron chi connectivity index (χ4n) is 3.39. The molecular weight excluding hydrogens is 540 g/mol. The Morgan fingerprint density at radius 1 is 0.714 bits per heavy atom. The van der Waals surface area contributed by atoms with Crippen LogP contribution in [-0.4, -0.2) is 11.0 Å². The lowest BCUT2D eigenvalue weighted by Crippen LogP contribution is -2.26. The first-order chi connectivity index (χ1) is 16.1. The molecule has 0 saturated carbocycles. The third kappa shape index (κ3) is 4.90. The summed E-state index contributed by atoms with van der Waals surface area (Å²) in [5, 5.41) is -1.30. The van der Waals surface area contributed by atoms with Gasteiger partial charge in [-0.15, -0.1) is 0 Å². The van der Waals surface area contributed by atoms with Gasteiger partial charge in [0.1, 0.15) is 0 Å². The van der Waals surface area contributed by atoms with Crippen LogP contribution in [0.2, 0.25) is 10.0 Å². The minimum atomic E-state index is -5.44. The number of alkyl halides is 6. The van der Waals surface area contributed by atoms with E-state index in [1.54, 1.807) is 0 Å². The first-order valence-electron chi connectivity index (χ1n) is 9.59. The van der Waals surface area contributed by atoms with Gasteiger partial charge >= 0.3 is 12.4 Å². The number of benzene rings is 3. The van der Waals surface area contributed by atoms with E-state index in [2.05, 4.69) is 0 Å². The molecule has 3 rings (SSSR count). The molecule has 3 aromatic carbocycles. The molecule has 0 fully saturated rings. The summed E-state index contributed by atoms with van der Waals surface area (Å²) >= 11 is 12.2. The van der Waals surface area contributed by atoms with Crippen molar-refractivity contribution in [2.45, 2.75) is 19.3 Å². The van der Waals surface area contributed by atoms with Crippen LogP contribution in [0, 0.1) is 6.92 Å². The van der Waals surface area contributed by atoms with Gasteiger partial charge in [0.25, 0.3) is 0 Å². The van der Waals surface area contributed by atoms with Gasteiger partial charge < -0.3 is 4.57 Å². The summed E-state index contributed by atoms with van der Waals surface area (Å²) in [6.45, 7) is 1.44. The molecule has 3 nitrogen and oxygen atoms in total. The monoisotopic (exact) mass is 552 g/mol. The van der Waals surface area contributed by atoms with Gasteiger partial charge in [0.15, 0.2) is 0 Å². The highest BCUT2D eigenvalue weighted by molar-refractivity contribution is 8.01. The number of hydrogen-bond donors (Lipinski definition) is 0. The summed E-state index contributed by atoms with van der Waals surface area (Å²) in [6, 6.07) is 9.36. The predicted molar refractivity (Wildman–Crippen MR) is 120 cm³/mol. The Bertz CT molecular complexity index is 1340. The molecule has 0 radical (unpaired) electrons. The maximum atomic E-state index is 14.2. The highest BCUT2D eigenvalue weighted by Crippen LogP contribution is 2.55. The Balaban J connectivity index is 2.44. The first kappa shape index (κ1) is 27.0. The summed E-state index contributed by atoms with van der Waals surface area (Å²) in [6.07, 6.45) is -10.9. The van der Waals surface area contributed by atoms with E-state index in [1.807, 2.05) is 0 Å². The Hall–Kier alpha value is -2.61. The number of aryl methyl sites for hydroxylation is 1. The summed E-state index contributed by atoms with van der Waals surface area (Å²) in [5.74, 6) is 0. The zero-order chi connectivity index (χ0) is 26.3. The van der Waals surface area contributed by atoms with Crippen LogP contribution < -0.4 is 5.30 Å². The van der Waals surface area contributed by atoms with Gasteiger partial charge in [-0.2, -0.15) is 26.3 Å². The summed E-state index contributed by atoms with van der Waals surface area (Å²) < 4.78 is 96.7. The quantitative estimate of drug-likeness (QED) is 0.238. The fourth-order valence-corrected chi connectivity index (χ4v) is 6.41. The van der Waals surface area contributed by atoms with Crippen LogP contribution in [0.15, 0.2) is 60.7 Å². The topological polar surface area (TPSA) is 51.2 Å². The van der Waals surface area contributed by atoms with E-state index in [0.717, 1.165) is 12.1 Å². The van der Waals surface area contributed by atoms with Crippen molar-refractivity contribution in [1.82, 2.24) is 0 Å². The Morgan fingerprint density at radius 3 is 1.69 bits per heavy atom. The van der Waals surface area contributed by atoms with Crippen LogP contribution in [0.1, 0.15) is 37.4 Å². The summed E-state index contributed by atoms with van der Waals surface area (Å²) in [7, 11) is -5.41. The van der Waals surface area contributed by atoms with Crippen LogP contribution in [-0.2, 0) is 16.9 Å². The maximum Gasteiger partial charge on any atom is 0.417 e. The zero-order valence-electron chi connectivity index (χ0n) is 17.5. The lowest BCUT2D eigenvalue weighted by Gasteiger charge is -2.23. The van der Waals surface area contributed by atoms with Gasteiger partial charge in [-0.25, -0.2) is 0 Å². The minimum absolute atomic E-state index is 0.245. The molecule has 0 saturated heterocycles. The fraction of sp³-hybridized carbons (Fsp3) is 0.130. The van der Waals surface area contributed by atoms with Crippen LogP contribution in [0.5, 0.6) is 0 Å². The van der Waals surface area contributed by atoms with Crippen molar-refractivity contribution in [3.63, 3.8) is 0 Å². The maximum absolute atomic E-state index is 14.2. The predicted octanol–water partition coefficient (Wildman–Crippen LogP) is 8.01. The van der Waals surface area contributed by atoms with Gasteiger partial charge in [-0.05, 0) is 30.7 Å². The Kier molecular flexibility index (Phi) is 7.29. The lowest BCUT2D eigenvalue weighted by molar-refractivity contribution is -0.143. The van der Waals surface area contributed by atoms with E-state index in [9.17, 15) is 40.5 Å². The average Bonchev–Trinajstić information content (AvgIpc) is 2.79. The van der Waals surface area contributed by atoms with Crippen molar-refractivity contribution in [1.29, 1.82) is 0 Å². The van der Waals surface area contributed by atoms with Gasteiger partial charge in [-0.1, -0.05) is 65.7 Å².